The highest BCUT2D eigenvalue weighted by Gasteiger charge is 2.18. The molecule has 0 bridgehead atoms. The third-order valence-electron chi connectivity index (χ3n) is 3.69. The highest BCUT2D eigenvalue weighted by Crippen LogP contribution is 2.36. The van der Waals surface area contributed by atoms with Crippen molar-refractivity contribution in [2.24, 2.45) is 0 Å². The van der Waals surface area contributed by atoms with Crippen molar-refractivity contribution >= 4 is 0 Å². The summed E-state index contributed by atoms with van der Waals surface area (Å²) in [4.78, 5) is 4.44. The predicted molar refractivity (Wildman–Crippen MR) is 84.4 cm³/mol. The lowest BCUT2D eigenvalue weighted by Gasteiger charge is -2.07. The van der Waals surface area contributed by atoms with Crippen LogP contribution in [0.5, 0.6) is 23.0 Å². The molecule has 0 spiro atoms. The minimum Gasteiger partial charge on any atom is -0.493 e. The molecular weight excluding hydrogens is 312 g/mol. The van der Waals surface area contributed by atoms with Crippen LogP contribution in [0.3, 0.4) is 0 Å². The molecule has 1 aromatic heterocycles. The molecule has 0 saturated heterocycles. The monoisotopic (exact) mass is 326 g/mol. The molecule has 0 fully saturated rings. The molecule has 0 radical (unpaired) electrons. The fourth-order valence-corrected chi connectivity index (χ4v) is 2.46. The van der Waals surface area contributed by atoms with E-state index in [0.717, 1.165) is 11.1 Å². The number of hydrogen-bond acceptors (Lipinski definition) is 7. The highest BCUT2D eigenvalue weighted by atomic mass is 16.7. The van der Waals surface area contributed by atoms with E-state index < -0.39 is 0 Å². The molecule has 122 valence electrons. The molecule has 3 aromatic rings. The van der Waals surface area contributed by atoms with E-state index in [-0.39, 0.29) is 6.79 Å². The van der Waals surface area contributed by atoms with Crippen molar-refractivity contribution in [3.63, 3.8) is 0 Å². The summed E-state index contributed by atoms with van der Waals surface area (Å²) in [6, 6.07) is 10.9. The predicted octanol–water partition coefficient (Wildman–Crippen LogP) is 3.15. The van der Waals surface area contributed by atoms with E-state index in [9.17, 15) is 0 Å². The van der Waals surface area contributed by atoms with Crippen molar-refractivity contribution in [2.75, 3.05) is 21.0 Å². The smallest absolute Gasteiger partial charge is 0.258 e. The molecule has 0 aliphatic carbocycles. The summed E-state index contributed by atoms with van der Waals surface area (Å²) in [7, 11) is 3.17. The van der Waals surface area contributed by atoms with Crippen molar-refractivity contribution in [2.45, 2.75) is 0 Å². The summed E-state index contributed by atoms with van der Waals surface area (Å²) < 4.78 is 26.6. The summed E-state index contributed by atoms with van der Waals surface area (Å²) in [5.41, 5.74) is 1.53. The molecule has 0 amide bonds. The Kier molecular flexibility index (Phi) is 3.45. The van der Waals surface area contributed by atoms with E-state index in [1.54, 1.807) is 26.4 Å². The van der Waals surface area contributed by atoms with Gasteiger partial charge in [-0.15, -0.1) is 0 Å². The molecule has 4 rings (SSSR count). The zero-order valence-corrected chi connectivity index (χ0v) is 13.1. The van der Waals surface area contributed by atoms with Crippen LogP contribution in [0.4, 0.5) is 0 Å². The SMILES string of the molecule is COc1ccc(-c2noc(-c3ccc4c(c3)OCO4)n2)cc1OC. The van der Waals surface area contributed by atoms with E-state index in [1.807, 2.05) is 24.3 Å². The maximum atomic E-state index is 5.37. The van der Waals surface area contributed by atoms with Crippen LogP contribution in [-0.2, 0) is 0 Å². The van der Waals surface area contributed by atoms with Crippen molar-refractivity contribution in [3.05, 3.63) is 36.4 Å². The summed E-state index contributed by atoms with van der Waals surface area (Å²) in [6.45, 7) is 0.222. The molecule has 2 heterocycles. The van der Waals surface area contributed by atoms with Gasteiger partial charge < -0.3 is 23.5 Å². The van der Waals surface area contributed by atoms with E-state index >= 15 is 0 Å². The number of fused-ring (bicyclic) bond motifs is 1. The second kappa shape index (κ2) is 5.77. The lowest BCUT2D eigenvalue weighted by molar-refractivity contribution is 0.174. The minimum atomic E-state index is 0.222. The molecule has 24 heavy (non-hydrogen) atoms. The number of rotatable bonds is 4. The van der Waals surface area contributed by atoms with E-state index in [2.05, 4.69) is 10.1 Å². The summed E-state index contributed by atoms with van der Waals surface area (Å²) in [5, 5.41) is 4.03. The largest absolute Gasteiger partial charge is 0.493 e. The zero-order valence-electron chi connectivity index (χ0n) is 13.1. The number of benzene rings is 2. The number of methoxy groups -OCH3 is 2. The first kappa shape index (κ1) is 14.4. The van der Waals surface area contributed by atoms with Crippen LogP contribution in [0.1, 0.15) is 0 Å². The van der Waals surface area contributed by atoms with Crippen LogP contribution in [0.25, 0.3) is 22.8 Å². The lowest BCUT2D eigenvalue weighted by Crippen LogP contribution is -1.92. The van der Waals surface area contributed by atoms with E-state index in [4.69, 9.17) is 23.5 Å². The third kappa shape index (κ3) is 2.40. The molecule has 0 N–H and O–H groups in total. The van der Waals surface area contributed by atoms with Crippen molar-refractivity contribution in [3.8, 4) is 45.8 Å². The van der Waals surface area contributed by atoms with Gasteiger partial charge >= 0.3 is 0 Å². The molecular formula is C17H14N2O5. The molecule has 7 nitrogen and oxygen atoms in total. The second-order valence-electron chi connectivity index (χ2n) is 5.06. The Balaban J connectivity index is 1.68. The van der Waals surface area contributed by atoms with Gasteiger partial charge in [-0.25, -0.2) is 0 Å². The Morgan fingerprint density at radius 3 is 2.50 bits per heavy atom. The van der Waals surface area contributed by atoms with Gasteiger partial charge in [0.15, 0.2) is 23.0 Å². The average Bonchev–Trinajstić information content (AvgIpc) is 3.29. The van der Waals surface area contributed by atoms with E-state index in [1.165, 1.54) is 0 Å². The van der Waals surface area contributed by atoms with Crippen LogP contribution < -0.4 is 18.9 Å². The lowest BCUT2D eigenvalue weighted by atomic mass is 10.2. The number of ether oxygens (including phenoxy) is 4. The van der Waals surface area contributed by atoms with Crippen molar-refractivity contribution in [1.82, 2.24) is 10.1 Å². The fourth-order valence-electron chi connectivity index (χ4n) is 2.46. The van der Waals surface area contributed by atoms with Crippen LogP contribution in [0, 0.1) is 0 Å². The van der Waals surface area contributed by atoms with Crippen molar-refractivity contribution in [1.29, 1.82) is 0 Å². The van der Waals surface area contributed by atoms with Crippen molar-refractivity contribution < 1.29 is 23.5 Å². The van der Waals surface area contributed by atoms with Gasteiger partial charge in [0.1, 0.15) is 0 Å². The first-order valence-electron chi connectivity index (χ1n) is 7.24. The normalized spacial score (nSPS) is 12.2. The van der Waals surface area contributed by atoms with Gasteiger partial charge in [0.25, 0.3) is 5.89 Å². The summed E-state index contributed by atoms with van der Waals surface area (Å²) in [6.07, 6.45) is 0. The topological polar surface area (TPSA) is 75.8 Å². The van der Waals surface area contributed by atoms with Gasteiger partial charge in [-0.05, 0) is 36.4 Å². The molecule has 0 saturated carbocycles. The Morgan fingerprint density at radius 2 is 1.67 bits per heavy atom. The van der Waals surface area contributed by atoms with E-state index in [0.29, 0.717) is 34.7 Å². The quantitative estimate of drug-likeness (QED) is 0.729. The van der Waals surface area contributed by atoms with Crippen LogP contribution in [0.2, 0.25) is 0 Å². The average molecular weight is 326 g/mol. The van der Waals surface area contributed by atoms with Gasteiger partial charge in [-0.1, -0.05) is 5.16 Å². The Hall–Kier alpha value is -3.22. The maximum Gasteiger partial charge on any atom is 0.258 e. The highest BCUT2D eigenvalue weighted by molar-refractivity contribution is 5.65. The summed E-state index contributed by atoms with van der Waals surface area (Å²) >= 11 is 0. The van der Waals surface area contributed by atoms with Gasteiger partial charge in [-0.3, -0.25) is 0 Å². The molecule has 1 aliphatic heterocycles. The third-order valence-corrected chi connectivity index (χ3v) is 3.69. The second-order valence-corrected chi connectivity index (χ2v) is 5.06. The Morgan fingerprint density at radius 1 is 0.875 bits per heavy atom. The zero-order chi connectivity index (χ0) is 16.5. The van der Waals surface area contributed by atoms with Crippen LogP contribution in [0.15, 0.2) is 40.9 Å². The van der Waals surface area contributed by atoms with Gasteiger partial charge in [0, 0.05) is 11.1 Å². The van der Waals surface area contributed by atoms with Crippen LogP contribution in [-0.4, -0.2) is 31.2 Å². The molecule has 0 atom stereocenters. The Labute approximate surface area is 137 Å². The molecule has 1 aliphatic rings. The molecule has 7 heteroatoms. The first-order chi connectivity index (χ1) is 11.8. The summed E-state index contributed by atoms with van der Waals surface area (Å²) in [5.74, 6) is 3.48. The minimum absolute atomic E-state index is 0.222. The number of hydrogen-bond donors (Lipinski definition) is 0. The van der Waals surface area contributed by atoms with Crippen LogP contribution >= 0.6 is 0 Å². The maximum absolute atomic E-state index is 5.37. The van der Waals surface area contributed by atoms with Gasteiger partial charge in [-0.2, -0.15) is 4.98 Å². The Bertz CT molecular complexity index is 890. The molecule has 2 aromatic carbocycles. The number of nitrogens with zero attached hydrogens (tertiary/aromatic N) is 2. The van der Waals surface area contributed by atoms with Gasteiger partial charge in [0.05, 0.1) is 14.2 Å². The molecule has 0 unspecified atom stereocenters. The standard InChI is InChI=1S/C17H14N2O5/c1-20-12-5-3-10(7-14(12)21-2)16-18-17(24-19-16)11-4-6-13-15(8-11)23-9-22-13/h3-8H,9H2,1-2H3. The first-order valence-corrected chi connectivity index (χ1v) is 7.24. The number of aromatic nitrogens is 2. The van der Waals surface area contributed by atoms with Gasteiger partial charge in [0.2, 0.25) is 12.6 Å². The fraction of sp³-hybridized carbons (Fsp3) is 0.176.